The van der Waals surface area contributed by atoms with E-state index in [2.05, 4.69) is 9.47 Å². The number of benzene rings is 1. The van der Waals surface area contributed by atoms with Gasteiger partial charge in [-0.1, -0.05) is 18.2 Å². The van der Waals surface area contributed by atoms with Gasteiger partial charge in [0.1, 0.15) is 23.0 Å². The third-order valence-electron chi connectivity index (χ3n) is 3.03. The van der Waals surface area contributed by atoms with E-state index in [0.717, 1.165) is 5.69 Å². The molecule has 0 bridgehead atoms. The zero-order valence-electron chi connectivity index (χ0n) is 11.0. The molecule has 2 aromatic heterocycles. The summed E-state index contributed by atoms with van der Waals surface area (Å²) in [6.07, 6.45) is 0. The fourth-order valence-electron chi connectivity index (χ4n) is 2.01. The minimum atomic E-state index is -0.290. The Morgan fingerprint density at radius 1 is 1.33 bits per heavy atom. The number of aromatic nitrogens is 3. The van der Waals surface area contributed by atoms with Crippen LogP contribution in [-0.2, 0) is 6.54 Å². The van der Waals surface area contributed by atoms with Crippen molar-refractivity contribution in [3.63, 3.8) is 0 Å². The number of nitrogens with two attached hydrogens (primary N) is 1. The van der Waals surface area contributed by atoms with Crippen molar-refractivity contribution in [1.82, 2.24) is 14.2 Å². The molecule has 7 heteroatoms. The first-order valence-corrected chi connectivity index (χ1v) is 7.05. The van der Waals surface area contributed by atoms with Gasteiger partial charge in [0.15, 0.2) is 0 Å². The molecule has 106 valence electrons. The largest absolute Gasteiger partial charge is 0.382 e. The van der Waals surface area contributed by atoms with Gasteiger partial charge in [-0.05, 0) is 29.7 Å². The summed E-state index contributed by atoms with van der Waals surface area (Å²) in [6, 6.07) is 10.1. The summed E-state index contributed by atoms with van der Waals surface area (Å²) in [6.45, 7) is 0.257. The van der Waals surface area contributed by atoms with E-state index in [4.69, 9.17) is 11.1 Å². The third kappa shape index (κ3) is 2.68. The van der Waals surface area contributed by atoms with Gasteiger partial charge in [-0.3, -0.25) is 10.1 Å². The Bertz CT molecular complexity index is 779. The molecule has 2 heterocycles. The van der Waals surface area contributed by atoms with Crippen molar-refractivity contribution in [2.24, 2.45) is 5.73 Å². The number of rotatable bonds is 4. The van der Waals surface area contributed by atoms with E-state index in [1.807, 2.05) is 11.4 Å². The van der Waals surface area contributed by atoms with E-state index >= 15 is 0 Å². The molecule has 3 rings (SSSR count). The Morgan fingerprint density at radius 3 is 2.81 bits per heavy atom. The Hall–Kier alpha value is -2.54. The first-order valence-electron chi connectivity index (χ1n) is 6.21. The first-order chi connectivity index (χ1) is 10.1. The van der Waals surface area contributed by atoms with Crippen LogP contribution in [0.3, 0.4) is 0 Å². The number of hydrogen-bond donors (Lipinski definition) is 2. The molecule has 0 spiro atoms. The van der Waals surface area contributed by atoms with Gasteiger partial charge in [0.25, 0.3) is 0 Å². The molecule has 0 saturated heterocycles. The zero-order chi connectivity index (χ0) is 14.8. The van der Waals surface area contributed by atoms with Crippen molar-refractivity contribution >= 4 is 17.4 Å². The Kier molecular flexibility index (Phi) is 3.49. The van der Waals surface area contributed by atoms with Gasteiger partial charge >= 0.3 is 0 Å². The van der Waals surface area contributed by atoms with Gasteiger partial charge in [0.2, 0.25) is 0 Å². The second kappa shape index (κ2) is 5.45. The molecule has 0 aliphatic heterocycles. The smallest absolute Gasteiger partial charge is 0.143 e. The maximum absolute atomic E-state index is 13.8. The van der Waals surface area contributed by atoms with Crippen LogP contribution in [0.25, 0.3) is 11.4 Å². The molecule has 0 aliphatic rings. The number of nitrogens with one attached hydrogen (secondary N) is 1. The molecule has 0 unspecified atom stereocenters. The highest BCUT2D eigenvalue weighted by Crippen LogP contribution is 2.21. The van der Waals surface area contributed by atoms with Crippen molar-refractivity contribution in [3.8, 4) is 11.4 Å². The van der Waals surface area contributed by atoms with Crippen LogP contribution in [0.1, 0.15) is 11.3 Å². The third-order valence-corrected chi connectivity index (χ3v) is 3.59. The topological polar surface area (TPSA) is 80.6 Å². The van der Waals surface area contributed by atoms with Gasteiger partial charge in [-0.25, -0.2) is 4.39 Å². The quantitative estimate of drug-likeness (QED) is 0.574. The van der Waals surface area contributed by atoms with Crippen LogP contribution >= 0.6 is 11.5 Å². The number of halogens is 1. The van der Waals surface area contributed by atoms with Crippen LogP contribution in [0, 0.1) is 11.2 Å². The molecule has 3 aromatic rings. The summed E-state index contributed by atoms with van der Waals surface area (Å²) >= 11 is 1.32. The van der Waals surface area contributed by atoms with Crippen LogP contribution < -0.4 is 5.73 Å². The highest BCUT2D eigenvalue weighted by molar-refractivity contribution is 7.03. The zero-order valence-corrected chi connectivity index (χ0v) is 11.8. The Labute approximate surface area is 124 Å². The molecule has 0 atom stereocenters. The fourth-order valence-corrected chi connectivity index (χ4v) is 2.53. The number of nitrogens with zero attached hydrogens (tertiary/aromatic N) is 3. The minimum Gasteiger partial charge on any atom is -0.382 e. The highest BCUT2D eigenvalue weighted by Gasteiger charge is 2.14. The van der Waals surface area contributed by atoms with Gasteiger partial charge in [-0.15, -0.1) is 0 Å². The molecule has 21 heavy (non-hydrogen) atoms. The SMILES string of the molecule is N=C(N)c1cc(-c2ccsn2)n(Cc2ccccc2F)n1. The van der Waals surface area contributed by atoms with Gasteiger partial charge < -0.3 is 5.73 Å². The summed E-state index contributed by atoms with van der Waals surface area (Å²) in [5.41, 5.74) is 7.81. The predicted molar refractivity (Wildman–Crippen MR) is 79.9 cm³/mol. The minimum absolute atomic E-state index is 0.126. The number of hydrogen-bond acceptors (Lipinski definition) is 4. The Morgan fingerprint density at radius 2 is 2.14 bits per heavy atom. The lowest BCUT2D eigenvalue weighted by molar-refractivity contribution is 0.586. The summed E-state index contributed by atoms with van der Waals surface area (Å²) in [5, 5.41) is 13.6. The lowest BCUT2D eigenvalue weighted by Gasteiger charge is -2.06. The fraction of sp³-hybridized carbons (Fsp3) is 0.0714. The van der Waals surface area contributed by atoms with Gasteiger partial charge in [0.05, 0.1) is 12.2 Å². The number of amidine groups is 1. The lowest BCUT2D eigenvalue weighted by Crippen LogP contribution is -2.13. The lowest BCUT2D eigenvalue weighted by atomic mass is 10.2. The summed E-state index contributed by atoms with van der Waals surface area (Å²) in [7, 11) is 0. The second-order valence-electron chi connectivity index (χ2n) is 4.46. The van der Waals surface area contributed by atoms with Gasteiger partial charge in [-0.2, -0.15) is 9.47 Å². The normalized spacial score (nSPS) is 10.7. The van der Waals surface area contributed by atoms with Crippen LogP contribution in [0.4, 0.5) is 4.39 Å². The molecule has 1 aromatic carbocycles. The maximum Gasteiger partial charge on any atom is 0.143 e. The average Bonchev–Trinajstić information content (AvgIpc) is 3.10. The summed E-state index contributed by atoms with van der Waals surface area (Å²) in [4.78, 5) is 0. The molecule has 5 nitrogen and oxygen atoms in total. The first kappa shape index (κ1) is 13.4. The van der Waals surface area contributed by atoms with Crippen molar-refractivity contribution < 1.29 is 4.39 Å². The van der Waals surface area contributed by atoms with Crippen molar-refractivity contribution in [2.45, 2.75) is 6.54 Å². The number of nitrogen functional groups attached to an aromatic ring is 1. The molecular weight excluding hydrogens is 289 g/mol. The maximum atomic E-state index is 13.8. The molecular formula is C14H12FN5S. The van der Waals surface area contributed by atoms with Crippen molar-refractivity contribution in [2.75, 3.05) is 0 Å². The van der Waals surface area contributed by atoms with Crippen molar-refractivity contribution in [1.29, 1.82) is 5.41 Å². The summed E-state index contributed by atoms with van der Waals surface area (Å²) < 4.78 is 19.7. The molecule has 0 aliphatic carbocycles. The Balaban J connectivity index is 2.05. The van der Waals surface area contributed by atoms with Crippen LogP contribution in [-0.4, -0.2) is 20.0 Å². The highest BCUT2D eigenvalue weighted by atomic mass is 32.1. The van der Waals surface area contributed by atoms with E-state index in [-0.39, 0.29) is 18.2 Å². The average molecular weight is 301 g/mol. The van der Waals surface area contributed by atoms with E-state index in [1.54, 1.807) is 28.9 Å². The predicted octanol–water partition coefficient (Wildman–Crippen LogP) is 2.48. The van der Waals surface area contributed by atoms with Crippen molar-refractivity contribution in [3.05, 3.63) is 58.9 Å². The standard InChI is InChI=1S/C14H12FN5S/c15-10-4-2-1-3-9(10)8-20-13(11-5-6-21-19-11)7-12(18-20)14(16)17/h1-7H,8H2,(H3,16,17). The second-order valence-corrected chi connectivity index (χ2v) is 5.13. The van der Waals surface area contributed by atoms with E-state index in [9.17, 15) is 4.39 Å². The molecule has 0 saturated carbocycles. The van der Waals surface area contributed by atoms with E-state index < -0.39 is 0 Å². The van der Waals surface area contributed by atoms with Gasteiger partial charge in [0, 0.05) is 10.9 Å². The molecule has 0 fully saturated rings. The van der Waals surface area contributed by atoms with Crippen LogP contribution in [0.15, 0.2) is 41.8 Å². The van der Waals surface area contributed by atoms with E-state index in [1.165, 1.54) is 17.6 Å². The molecule has 3 N–H and O–H groups in total. The summed E-state index contributed by atoms with van der Waals surface area (Å²) in [5.74, 6) is -0.416. The van der Waals surface area contributed by atoms with E-state index in [0.29, 0.717) is 17.0 Å². The van der Waals surface area contributed by atoms with Crippen LogP contribution in [0.2, 0.25) is 0 Å². The molecule has 0 amide bonds. The molecule has 0 radical (unpaired) electrons. The monoisotopic (exact) mass is 301 g/mol. The van der Waals surface area contributed by atoms with Crippen LogP contribution in [0.5, 0.6) is 0 Å².